The molecule has 0 fully saturated rings. The summed E-state index contributed by atoms with van der Waals surface area (Å²) in [5.74, 6) is 0.878. The quantitative estimate of drug-likeness (QED) is 0.475. The highest BCUT2D eigenvalue weighted by Gasteiger charge is 2.10. The van der Waals surface area contributed by atoms with Crippen molar-refractivity contribution < 1.29 is 14.1 Å². The lowest BCUT2D eigenvalue weighted by Crippen LogP contribution is -2.36. The Labute approximate surface area is 149 Å². The van der Waals surface area contributed by atoms with Crippen molar-refractivity contribution in [2.24, 2.45) is 0 Å². The van der Waals surface area contributed by atoms with Crippen molar-refractivity contribution in [3.8, 4) is 5.75 Å². The molecule has 3 aromatic rings. The summed E-state index contributed by atoms with van der Waals surface area (Å²) < 4.78 is 8.73. The molecule has 120 valence electrons. The van der Waals surface area contributed by atoms with Crippen LogP contribution in [0.5, 0.6) is 5.75 Å². The number of pyridine rings is 1. The zero-order chi connectivity index (χ0) is 16.8. The molecule has 24 heavy (non-hydrogen) atoms. The molecule has 0 saturated carbocycles. The first-order valence-electron chi connectivity index (χ1n) is 7.69. The first-order valence-corrected chi connectivity index (χ1v) is 8.49. The summed E-state index contributed by atoms with van der Waals surface area (Å²) >= 11 is 3.40. The maximum absolute atomic E-state index is 12.3. The maximum atomic E-state index is 12.3. The Morgan fingerprint density at radius 2 is 1.50 bits per heavy atom. The van der Waals surface area contributed by atoms with Crippen LogP contribution in [0.15, 0.2) is 83.6 Å². The molecule has 0 bridgehead atoms. The van der Waals surface area contributed by atoms with E-state index in [2.05, 4.69) is 15.9 Å². The van der Waals surface area contributed by atoms with Gasteiger partial charge in [0.25, 0.3) is 0 Å². The van der Waals surface area contributed by atoms with Crippen molar-refractivity contribution in [2.45, 2.75) is 6.54 Å². The van der Waals surface area contributed by atoms with Gasteiger partial charge in [0.15, 0.2) is 24.7 Å². The highest BCUT2D eigenvalue weighted by molar-refractivity contribution is 9.10. The smallest absolute Gasteiger partial charge is 0.193 e. The van der Waals surface area contributed by atoms with Crippen LogP contribution in [-0.4, -0.2) is 12.4 Å². The van der Waals surface area contributed by atoms with Crippen LogP contribution < -0.4 is 9.30 Å². The summed E-state index contributed by atoms with van der Waals surface area (Å²) in [5, 5.41) is 0. The van der Waals surface area contributed by atoms with Gasteiger partial charge in [0, 0.05) is 27.7 Å². The van der Waals surface area contributed by atoms with Gasteiger partial charge in [0.1, 0.15) is 12.4 Å². The van der Waals surface area contributed by atoms with Gasteiger partial charge in [0.2, 0.25) is 0 Å². The van der Waals surface area contributed by atoms with Crippen LogP contribution in [0.2, 0.25) is 0 Å². The number of aromatic nitrogens is 1. The summed E-state index contributed by atoms with van der Waals surface area (Å²) in [5.41, 5.74) is 1.39. The molecule has 0 radical (unpaired) electrons. The van der Waals surface area contributed by atoms with Crippen LogP contribution in [0.1, 0.15) is 15.9 Å². The molecule has 4 heteroatoms. The van der Waals surface area contributed by atoms with E-state index >= 15 is 0 Å². The highest BCUT2D eigenvalue weighted by atomic mass is 79.9. The standard InChI is InChI=1S/C20H17BrNO2/c21-18-6-8-19(9-7-18)24-15-14-22-12-10-17(11-13-22)20(23)16-4-2-1-3-5-16/h1-13H,14-15H2/q+1. The molecule has 0 N–H and O–H groups in total. The fourth-order valence-electron chi connectivity index (χ4n) is 2.31. The molecule has 2 aromatic carbocycles. The second-order valence-electron chi connectivity index (χ2n) is 5.32. The molecule has 0 amide bonds. The van der Waals surface area contributed by atoms with E-state index in [4.69, 9.17) is 4.74 Å². The molecule has 0 unspecified atom stereocenters. The number of hydrogen-bond acceptors (Lipinski definition) is 2. The number of ether oxygens (including phenoxy) is 1. The van der Waals surface area contributed by atoms with Gasteiger partial charge >= 0.3 is 0 Å². The SMILES string of the molecule is O=C(c1ccccc1)c1cc[n+](CCOc2ccc(Br)cc2)cc1. The number of hydrogen-bond donors (Lipinski definition) is 0. The lowest BCUT2D eigenvalue weighted by atomic mass is 10.0. The minimum absolute atomic E-state index is 0.0360. The molecular formula is C20H17BrNO2+. The number of nitrogens with zero attached hydrogens (tertiary/aromatic N) is 1. The average molecular weight is 383 g/mol. The minimum atomic E-state index is 0.0360. The van der Waals surface area contributed by atoms with E-state index in [1.807, 2.05) is 83.7 Å². The van der Waals surface area contributed by atoms with Gasteiger partial charge in [0.05, 0.1) is 0 Å². The summed E-state index contributed by atoms with van der Waals surface area (Å²) in [7, 11) is 0. The van der Waals surface area contributed by atoms with E-state index in [1.54, 1.807) is 0 Å². The number of rotatable bonds is 6. The average Bonchev–Trinajstić information content (AvgIpc) is 2.64. The first kappa shape index (κ1) is 16.4. The van der Waals surface area contributed by atoms with Gasteiger partial charge in [-0.3, -0.25) is 4.79 Å². The normalized spacial score (nSPS) is 10.4. The van der Waals surface area contributed by atoms with E-state index in [9.17, 15) is 4.79 Å². The van der Waals surface area contributed by atoms with Crippen molar-refractivity contribution in [3.63, 3.8) is 0 Å². The Bertz CT molecular complexity index is 799. The van der Waals surface area contributed by atoms with Gasteiger partial charge in [-0.05, 0) is 24.3 Å². The van der Waals surface area contributed by atoms with Gasteiger partial charge in [-0.1, -0.05) is 46.3 Å². The van der Waals surface area contributed by atoms with Crippen molar-refractivity contribution in [2.75, 3.05) is 6.61 Å². The number of halogens is 1. The summed E-state index contributed by atoms with van der Waals surface area (Å²) in [4.78, 5) is 12.3. The Morgan fingerprint density at radius 1 is 0.875 bits per heavy atom. The van der Waals surface area contributed by atoms with Crippen LogP contribution in [-0.2, 0) is 6.54 Å². The van der Waals surface area contributed by atoms with Crippen molar-refractivity contribution in [1.82, 2.24) is 0 Å². The molecule has 3 rings (SSSR count). The molecule has 1 aromatic heterocycles. The fraction of sp³-hybridized carbons (Fsp3) is 0.100. The lowest BCUT2D eigenvalue weighted by molar-refractivity contribution is -0.697. The van der Waals surface area contributed by atoms with Crippen LogP contribution in [0.4, 0.5) is 0 Å². The van der Waals surface area contributed by atoms with E-state index < -0.39 is 0 Å². The van der Waals surface area contributed by atoms with E-state index in [-0.39, 0.29) is 5.78 Å². The molecule has 0 aliphatic carbocycles. The zero-order valence-electron chi connectivity index (χ0n) is 13.1. The molecule has 3 nitrogen and oxygen atoms in total. The Balaban J connectivity index is 1.56. The van der Waals surface area contributed by atoms with Gasteiger partial charge < -0.3 is 4.74 Å². The molecule has 0 aliphatic rings. The van der Waals surface area contributed by atoms with Crippen molar-refractivity contribution in [3.05, 3.63) is 94.7 Å². The zero-order valence-corrected chi connectivity index (χ0v) is 14.6. The topological polar surface area (TPSA) is 30.2 Å². The number of ketones is 1. The van der Waals surface area contributed by atoms with Crippen LogP contribution in [0.25, 0.3) is 0 Å². The first-order chi connectivity index (χ1) is 11.7. The summed E-state index contributed by atoms with van der Waals surface area (Å²) in [6.45, 7) is 1.29. The Kier molecular flexibility index (Phi) is 5.39. The fourth-order valence-corrected chi connectivity index (χ4v) is 2.58. The third kappa shape index (κ3) is 4.30. The predicted octanol–water partition coefficient (Wildman–Crippen LogP) is 4.05. The number of carbonyl (C=O) groups excluding carboxylic acids is 1. The van der Waals surface area contributed by atoms with E-state index in [1.165, 1.54) is 0 Å². The Morgan fingerprint density at radius 3 is 2.17 bits per heavy atom. The maximum Gasteiger partial charge on any atom is 0.193 e. The largest absolute Gasteiger partial charge is 0.487 e. The molecule has 0 spiro atoms. The van der Waals surface area contributed by atoms with Crippen molar-refractivity contribution in [1.29, 1.82) is 0 Å². The van der Waals surface area contributed by atoms with Gasteiger partial charge in [-0.2, -0.15) is 0 Å². The number of carbonyl (C=O) groups is 1. The van der Waals surface area contributed by atoms with Crippen LogP contribution >= 0.6 is 15.9 Å². The third-order valence-corrected chi connectivity index (χ3v) is 4.15. The lowest BCUT2D eigenvalue weighted by Gasteiger charge is -2.04. The predicted molar refractivity (Wildman–Crippen MR) is 96.1 cm³/mol. The van der Waals surface area contributed by atoms with Crippen LogP contribution in [0, 0.1) is 0 Å². The minimum Gasteiger partial charge on any atom is -0.487 e. The second kappa shape index (κ2) is 7.88. The molecule has 0 atom stereocenters. The van der Waals surface area contributed by atoms with Gasteiger partial charge in [-0.25, -0.2) is 4.57 Å². The molecule has 0 aliphatic heterocycles. The number of benzene rings is 2. The van der Waals surface area contributed by atoms with Crippen molar-refractivity contribution >= 4 is 21.7 Å². The molecule has 0 saturated heterocycles. The molecule has 1 heterocycles. The Hall–Kier alpha value is -2.46. The highest BCUT2D eigenvalue weighted by Crippen LogP contribution is 2.15. The summed E-state index contributed by atoms with van der Waals surface area (Å²) in [6, 6.07) is 20.7. The van der Waals surface area contributed by atoms with Gasteiger partial charge in [-0.15, -0.1) is 0 Å². The van der Waals surface area contributed by atoms with Crippen LogP contribution in [0.3, 0.4) is 0 Å². The van der Waals surface area contributed by atoms with E-state index in [0.717, 1.165) is 16.8 Å². The third-order valence-electron chi connectivity index (χ3n) is 3.62. The summed E-state index contributed by atoms with van der Waals surface area (Å²) in [6.07, 6.45) is 3.81. The van der Waals surface area contributed by atoms with E-state index in [0.29, 0.717) is 17.7 Å². The monoisotopic (exact) mass is 382 g/mol. The second-order valence-corrected chi connectivity index (χ2v) is 6.24. The molecular weight excluding hydrogens is 366 g/mol.